The Kier molecular flexibility index (Phi) is 4.09. The van der Waals surface area contributed by atoms with E-state index in [9.17, 15) is 0 Å². The van der Waals surface area contributed by atoms with Gasteiger partial charge in [0.15, 0.2) is 0 Å². The lowest BCUT2D eigenvalue weighted by Gasteiger charge is -2.27. The van der Waals surface area contributed by atoms with Crippen LogP contribution in [0.5, 0.6) is 0 Å². The highest BCUT2D eigenvalue weighted by Crippen LogP contribution is 2.30. The minimum Gasteiger partial charge on any atom is -0.378 e. The molecule has 138 valence electrons. The summed E-state index contributed by atoms with van der Waals surface area (Å²) in [5.41, 5.74) is 4.68. The Labute approximate surface area is 160 Å². The van der Waals surface area contributed by atoms with Crippen molar-refractivity contribution < 1.29 is 0 Å². The van der Waals surface area contributed by atoms with E-state index in [2.05, 4.69) is 82.3 Å². The SMILES string of the molecule is CC(Nc1cccc(-n2cc(N3CC4CC3CN4)cn2)c1)c1ccccc1. The van der Waals surface area contributed by atoms with E-state index in [-0.39, 0.29) is 6.04 Å². The van der Waals surface area contributed by atoms with Gasteiger partial charge in [-0.25, -0.2) is 4.68 Å². The summed E-state index contributed by atoms with van der Waals surface area (Å²) < 4.78 is 1.98. The highest BCUT2D eigenvalue weighted by Gasteiger charge is 2.38. The summed E-state index contributed by atoms with van der Waals surface area (Å²) in [4.78, 5) is 2.49. The molecule has 3 heterocycles. The average Bonchev–Trinajstić information content (AvgIpc) is 3.45. The van der Waals surface area contributed by atoms with Crippen LogP contribution in [0.1, 0.15) is 24.9 Å². The van der Waals surface area contributed by atoms with Crippen molar-refractivity contribution >= 4 is 11.4 Å². The quantitative estimate of drug-likeness (QED) is 0.731. The van der Waals surface area contributed by atoms with Gasteiger partial charge >= 0.3 is 0 Å². The standard InChI is InChI=1S/C22H25N5/c1-16(17-6-3-2-4-7-17)25-18-8-5-9-20(10-18)27-15-22(13-24-27)26-14-19-11-21(26)12-23-19/h2-10,13,15-16,19,21,23,25H,11-12,14H2,1H3. The fourth-order valence-corrected chi connectivity index (χ4v) is 4.29. The predicted molar refractivity (Wildman–Crippen MR) is 110 cm³/mol. The van der Waals surface area contributed by atoms with Crippen molar-refractivity contribution in [3.05, 3.63) is 72.6 Å². The summed E-state index contributed by atoms with van der Waals surface area (Å²) in [5.74, 6) is 0. The van der Waals surface area contributed by atoms with Crippen molar-refractivity contribution in [2.75, 3.05) is 23.3 Å². The van der Waals surface area contributed by atoms with E-state index < -0.39 is 0 Å². The molecule has 0 spiro atoms. The molecule has 0 saturated carbocycles. The molecule has 0 aliphatic carbocycles. The zero-order valence-corrected chi connectivity index (χ0v) is 15.5. The van der Waals surface area contributed by atoms with E-state index in [1.54, 1.807) is 0 Å². The number of hydrogen-bond acceptors (Lipinski definition) is 4. The maximum absolute atomic E-state index is 4.62. The fraction of sp³-hybridized carbons (Fsp3) is 0.318. The molecule has 3 unspecified atom stereocenters. The van der Waals surface area contributed by atoms with Crippen LogP contribution in [0.4, 0.5) is 11.4 Å². The van der Waals surface area contributed by atoms with Crippen molar-refractivity contribution in [2.24, 2.45) is 0 Å². The third kappa shape index (κ3) is 3.19. The first kappa shape index (κ1) is 16.4. The van der Waals surface area contributed by atoms with Crippen LogP contribution in [0.2, 0.25) is 0 Å². The molecule has 2 saturated heterocycles. The van der Waals surface area contributed by atoms with Gasteiger partial charge in [0, 0.05) is 36.9 Å². The summed E-state index contributed by atoms with van der Waals surface area (Å²) >= 11 is 0. The van der Waals surface area contributed by atoms with Crippen LogP contribution < -0.4 is 15.5 Å². The Balaban J connectivity index is 1.33. The third-order valence-electron chi connectivity index (χ3n) is 5.75. The molecule has 2 bridgehead atoms. The maximum atomic E-state index is 4.62. The number of anilines is 2. The first-order valence-corrected chi connectivity index (χ1v) is 9.73. The van der Waals surface area contributed by atoms with Crippen molar-refractivity contribution in [3.8, 4) is 5.69 Å². The average molecular weight is 359 g/mol. The van der Waals surface area contributed by atoms with E-state index in [4.69, 9.17) is 0 Å². The zero-order valence-electron chi connectivity index (χ0n) is 15.5. The molecule has 5 nitrogen and oxygen atoms in total. The lowest BCUT2D eigenvalue weighted by molar-refractivity contribution is 0.580. The van der Waals surface area contributed by atoms with Crippen LogP contribution in [-0.2, 0) is 0 Å². The number of aromatic nitrogens is 2. The van der Waals surface area contributed by atoms with Crippen LogP contribution in [0.25, 0.3) is 5.69 Å². The van der Waals surface area contributed by atoms with E-state index >= 15 is 0 Å². The minimum atomic E-state index is 0.252. The Morgan fingerprint density at radius 2 is 2.00 bits per heavy atom. The molecule has 27 heavy (non-hydrogen) atoms. The van der Waals surface area contributed by atoms with Crippen molar-refractivity contribution in [3.63, 3.8) is 0 Å². The molecule has 0 amide bonds. The predicted octanol–water partition coefficient (Wildman–Crippen LogP) is 3.60. The van der Waals surface area contributed by atoms with Gasteiger partial charge in [-0.3, -0.25) is 0 Å². The molecule has 5 heteroatoms. The van der Waals surface area contributed by atoms with Gasteiger partial charge in [-0.05, 0) is 37.1 Å². The lowest BCUT2D eigenvalue weighted by Crippen LogP contribution is -2.43. The monoisotopic (exact) mass is 359 g/mol. The second-order valence-electron chi connectivity index (χ2n) is 7.62. The first-order valence-electron chi connectivity index (χ1n) is 9.73. The van der Waals surface area contributed by atoms with Crippen LogP contribution in [0, 0.1) is 0 Å². The molecule has 2 aromatic carbocycles. The Morgan fingerprint density at radius 3 is 2.78 bits per heavy atom. The molecule has 5 rings (SSSR count). The molecular formula is C22H25N5. The van der Waals surface area contributed by atoms with E-state index in [0.29, 0.717) is 12.1 Å². The summed E-state index contributed by atoms with van der Waals surface area (Å²) in [6.07, 6.45) is 5.40. The first-order chi connectivity index (χ1) is 13.3. The number of rotatable bonds is 5. The highest BCUT2D eigenvalue weighted by molar-refractivity contribution is 5.54. The summed E-state index contributed by atoms with van der Waals surface area (Å²) in [7, 11) is 0. The highest BCUT2D eigenvalue weighted by atomic mass is 15.3. The van der Waals surface area contributed by atoms with Gasteiger partial charge in [-0.15, -0.1) is 0 Å². The Bertz CT molecular complexity index is 919. The molecule has 3 atom stereocenters. The molecule has 2 N–H and O–H groups in total. The van der Waals surface area contributed by atoms with Crippen LogP contribution in [0.3, 0.4) is 0 Å². The maximum Gasteiger partial charge on any atom is 0.0760 e. The molecule has 2 aliphatic heterocycles. The lowest BCUT2D eigenvalue weighted by atomic mass is 10.1. The molecule has 2 fully saturated rings. The molecule has 1 aromatic heterocycles. The number of nitrogens with one attached hydrogen (secondary N) is 2. The Morgan fingerprint density at radius 1 is 1.11 bits per heavy atom. The van der Waals surface area contributed by atoms with E-state index in [1.165, 1.54) is 17.7 Å². The number of fused-ring (bicyclic) bond motifs is 2. The van der Waals surface area contributed by atoms with Gasteiger partial charge in [-0.1, -0.05) is 36.4 Å². The van der Waals surface area contributed by atoms with Crippen molar-refractivity contribution in [2.45, 2.75) is 31.5 Å². The summed E-state index contributed by atoms with van der Waals surface area (Å²) in [6.45, 7) is 4.36. The molecule has 0 radical (unpaired) electrons. The summed E-state index contributed by atoms with van der Waals surface area (Å²) in [6, 6.07) is 20.5. The zero-order chi connectivity index (χ0) is 18.2. The minimum absolute atomic E-state index is 0.252. The van der Waals surface area contributed by atoms with Gasteiger partial charge in [0.2, 0.25) is 0 Å². The number of benzene rings is 2. The fourth-order valence-electron chi connectivity index (χ4n) is 4.29. The molecule has 2 aliphatic rings. The van der Waals surface area contributed by atoms with Gasteiger partial charge in [0.1, 0.15) is 0 Å². The summed E-state index contributed by atoms with van der Waals surface area (Å²) in [5, 5.41) is 11.8. The van der Waals surface area contributed by atoms with Gasteiger partial charge in [0.25, 0.3) is 0 Å². The van der Waals surface area contributed by atoms with Crippen molar-refractivity contribution in [1.29, 1.82) is 0 Å². The van der Waals surface area contributed by atoms with Gasteiger partial charge < -0.3 is 15.5 Å². The van der Waals surface area contributed by atoms with Gasteiger partial charge in [-0.2, -0.15) is 5.10 Å². The number of piperazine rings is 1. The molecule has 3 aromatic rings. The third-order valence-corrected chi connectivity index (χ3v) is 5.75. The smallest absolute Gasteiger partial charge is 0.0760 e. The topological polar surface area (TPSA) is 45.1 Å². The largest absolute Gasteiger partial charge is 0.378 e. The number of nitrogens with zero attached hydrogens (tertiary/aromatic N) is 3. The van der Waals surface area contributed by atoms with E-state index in [1.807, 2.05) is 16.9 Å². The normalized spacial score (nSPS) is 22.2. The van der Waals surface area contributed by atoms with Crippen LogP contribution in [-0.4, -0.2) is 35.0 Å². The second-order valence-corrected chi connectivity index (χ2v) is 7.62. The second kappa shape index (κ2) is 6.74. The van der Waals surface area contributed by atoms with Crippen molar-refractivity contribution in [1.82, 2.24) is 15.1 Å². The van der Waals surface area contributed by atoms with Crippen LogP contribution in [0.15, 0.2) is 67.0 Å². The molecular weight excluding hydrogens is 334 g/mol. The van der Waals surface area contributed by atoms with Gasteiger partial charge in [0.05, 0.1) is 23.8 Å². The number of hydrogen-bond donors (Lipinski definition) is 2. The van der Waals surface area contributed by atoms with E-state index in [0.717, 1.165) is 24.5 Å². The Hall–Kier alpha value is -2.79. The van der Waals surface area contributed by atoms with Crippen LogP contribution >= 0.6 is 0 Å².